The second-order valence-corrected chi connectivity index (χ2v) is 7.38. The van der Waals surface area contributed by atoms with Crippen LogP contribution in [0.4, 0.5) is 0 Å². The van der Waals surface area contributed by atoms with Gasteiger partial charge in [0.15, 0.2) is 0 Å². The molecule has 3 fully saturated rings. The molecule has 3 aliphatic rings. The lowest BCUT2D eigenvalue weighted by Crippen LogP contribution is -2.56. The van der Waals surface area contributed by atoms with Crippen LogP contribution in [-0.4, -0.2) is 72.1 Å². The standard InChI is InChI=1S/C13H22N2O2S/c1-14-9-13(10-14)6-11(8-18-13)17-7-12(16)15-4-2-3-5-15/h11H,2-10H2,1H3/t11-/m0/s1. The number of nitrogens with zero attached hydrogens (tertiary/aromatic N) is 2. The summed E-state index contributed by atoms with van der Waals surface area (Å²) in [6.07, 6.45) is 3.71. The van der Waals surface area contributed by atoms with Gasteiger partial charge in [-0.25, -0.2) is 0 Å². The van der Waals surface area contributed by atoms with E-state index in [9.17, 15) is 4.79 Å². The number of hydrogen-bond donors (Lipinski definition) is 0. The maximum atomic E-state index is 11.9. The molecule has 18 heavy (non-hydrogen) atoms. The summed E-state index contributed by atoms with van der Waals surface area (Å²) in [6.45, 7) is 4.50. The summed E-state index contributed by atoms with van der Waals surface area (Å²) in [7, 11) is 2.16. The van der Waals surface area contributed by atoms with Gasteiger partial charge in [-0.15, -0.1) is 11.8 Å². The molecule has 3 saturated heterocycles. The molecular formula is C13H22N2O2S. The van der Waals surface area contributed by atoms with Crippen LogP contribution in [0.25, 0.3) is 0 Å². The molecule has 0 aromatic carbocycles. The van der Waals surface area contributed by atoms with E-state index in [2.05, 4.69) is 11.9 Å². The van der Waals surface area contributed by atoms with Gasteiger partial charge in [0, 0.05) is 36.7 Å². The minimum absolute atomic E-state index is 0.184. The Bertz CT molecular complexity index is 325. The lowest BCUT2D eigenvalue weighted by molar-refractivity contribution is -0.136. The zero-order valence-electron chi connectivity index (χ0n) is 11.1. The molecule has 0 bridgehead atoms. The van der Waals surface area contributed by atoms with Crippen molar-refractivity contribution in [3.8, 4) is 0 Å². The Kier molecular flexibility index (Phi) is 3.56. The van der Waals surface area contributed by atoms with Gasteiger partial charge < -0.3 is 14.5 Å². The largest absolute Gasteiger partial charge is 0.367 e. The fourth-order valence-corrected chi connectivity index (χ4v) is 5.00. The highest BCUT2D eigenvalue weighted by Crippen LogP contribution is 2.45. The maximum absolute atomic E-state index is 11.9. The van der Waals surface area contributed by atoms with Crippen molar-refractivity contribution in [3.63, 3.8) is 0 Å². The normalized spacial score (nSPS) is 30.9. The summed E-state index contributed by atoms with van der Waals surface area (Å²) >= 11 is 2.04. The van der Waals surface area contributed by atoms with E-state index < -0.39 is 0 Å². The van der Waals surface area contributed by atoms with Crippen LogP contribution >= 0.6 is 11.8 Å². The highest BCUT2D eigenvalue weighted by molar-refractivity contribution is 8.01. The van der Waals surface area contributed by atoms with E-state index in [1.165, 1.54) is 13.1 Å². The third kappa shape index (κ3) is 2.53. The number of hydrogen-bond acceptors (Lipinski definition) is 4. The summed E-state index contributed by atoms with van der Waals surface area (Å²) in [4.78, 5) is 16.2. The van der Waals surface area contributed by atoms with Crippen molar-refractivity contribution in [3.05, 3.63) is 0 Å². The van der Waals surface area contributed by atoms with Gasteiger partial charge >= 0.3 is 0 Å². The van der Waals surface area contributed by atoms with Gasteiger partial charge in [0.25, 0.3) is 0 Å². The summed E-state index contributed by atoms with van der Waals surface area (Å²) < 4.78 is 6.25. The first-order valence-corrected chi connectivity index (χ1v) is 7.87. The Balaban J connectivity index is 1.40. The summed E-state index contributed by atoms with van der Waals surface area (Å²) in [5.41, 5.74) is 0. The van der Waals surface area contributed by atoms with Gasteiger partial charge in [-0.3, -0.25) is 4.79 Å². The Morgan fingerprint density at radius 3 is 2.78 bits per heavy atom. The first-order valence-electron chi connectivity index (χ1n) is 6.89. The van der Waals surface area contributed by atoms with Crippen LogP contribution in [0.3, 0.4) is 0 Å². The van der Waals surface area contributed by atoms with Gasteiger partial charge in [-0.2, -0.15) is 0 Å². The van der Waals surface area contributed by atoms with E-state index >= 15 is 0 Å². The fraction of sp³-hybridized carbons (Fsp3) is 0.923. The molecule has 3 heterocycles. The van der Waals surface area contributed by atoms with Crippen LogP contribution in [0.1, 0.15) is 19.3 Å². The van der Waals surface area contributed by atoms with Gasteiger partial charge in [-0.1, -0.05) is 0 Å². The van der Waals surface area contributed by atoms with Crippen LogP contribution < -0.4 is 0 Å². The average molecular weight is 270 g/mol. The van der Waals surface area contributed by atoms with Crippen molar-refractivity contribution in [2.24, 2.45) is 0 Å². The molecule has 3 aliphatic heterocycles. The maximum Gasteiger partial charge on any atom is 0.248 e. The molecule has 1 amide bonds. The molecule has 0 aliphatic carbocycles. The van der Waals surface area contributed by atoms with Crippen molar-refractivity contribution < 1.29 is 9.53 Å². The van der Waals surface area contributed by atoms with Crippen molar-refractivity contribution in [1.82, 2.24) is 9.80 Å². The first kappa shape index (κ1) is 12.8. The number of ether oxygens (including phenoxy) is 1. The second-order valence-electron chi connectivity index (χ2n) is 5.89. The number of carbonyl (C=O) groups is 1. The summed E-state index contributed by atoms with van der Waals surface area (Å²) in [5.74, 6) is 1.24. The highest BCUT2D eigenvalue weighted by Gasteiger charge is 2.48. The fourth-order valence-electron chi connectivity index (χ4n) is 3.31. The van der Waals surface area contributed by atoms with Crippen molar-refractivity contribution in [2.45, 2.75) is 30.1 Å². The third-order valence-corrected chi connectivity index (χ3v) is 5.77. The molecule has 0 aromatic rings. The molecule has 0 radical (unpaired) electrons. The van der Waals surface area contributed by atoms with E-state index in [1.807, 2.05) is 16.7 Å². The summed E-state index contributed by atoms with van der Waals surface area (Å²) in [5, 5.41) is 0. The minimum atomic E-state index is 0.184. The van der Waals surface area contributed by atoms with E-state index in [1.54, 1.807) is 0 Å². The van der Waals surface area contributed by atoms with Gasteiger partial charge in [0.05, 0.1) is 6.10 Å². The Hall–Kier alpha value is -0.260. The van der Waals surface area contributed by atoms with Crippen LogP contribution in [0.15, 0.2) is 0 Å². The zero-order valence-corrected chi connectivity index (χ0v) is 11.9. The lowest BCUT2D eigenvalue weighted by atomic mass is 9.94. The third-order valence-electron chi connectivity index (χ3n) is 4.19. The van der Waals surface area contributed by atoms with Crippen molar-refractivity contribution >= 4 is 17.7 Å². The van der Waals surface area contributed by atoms with Crippen molar-refractivity contribution in [2.75, 3.05) is 45.6 Å². The molecule has 102 valence electrons. The molecule has 3 rings (SSSR count). The smallest absolute Gasteiger partial charge is 0.248 e. The number of rotatable bonds is 3. The van der Waals surface area contributed by atoms with Crippen LogP contribution in [0.2, 0.25) is 0 Å². The van der Waals surface area contributed by atoms with Gasteiger partial charge in [0.2, 0.25) is 5.91 Å². The van der Waals surface area contributed by atoms with Crippen LogP contribution in [0, 0.1) is 0 Å². The average Bonchev–Trinajstić information content (AvgIpc) is 2.94. The Morgan fingerprint density at radius 1 is 1.39 bits per heavy atom. The molecule has 1 atom stereocenters. The van der Waals surface area contributed by atoms with Crippen molar-refractivity contribution in [1.29, 1.82) is 0 Å². The number of carbonyl (C=O) groups excluding carboxylic acids is 1. The molecule has 4 nitrogen and oxygen atoms in total. The van der Waals surface area contributed by atoms with E-state index in [4.69, 9.17) is 4.74 Å². The first-order chi connectivity index (χ1) is 8.67. The Labute approximate surface area is 113 Å². The molecule has 0 N–H and O–H groups in total. The van der Waals surface area contributed by atoms with Gasteiger partial charge in [-0.05, 0) is 26.3 Å². The van der Waals surface area contributed by atoms with Gasteiger partial charge in [0.1, 0.15) is 6.61 Å². The van der Waals surface area contributed by atoms with E-state index in [0.29, 0.717) is 4.75 Å². The topological polar surface area (TPSA) is 32.8 Å². The molecule has 5 heteroatoms. The quantitative estimate of drug-likeness (QED) is 0.760. The zero-order chi connectivity index (χ0) is 12.6. The SMILES string of the molecule is CN1CC2(C[C@H](OCC(=O)N3CCCC3)CS2)C1. The number of likely N-dealkylation sites (tertiary alicyclic amines) is 2. The molecular weight excluding hydrogens is 248 g/mol. The number of thioether (sulfide) groups is 1. The highest BCUT2D eigenvalue weighted by atomic mass is 32.2. The Morgan fingerprint density at radius 2 is 2.11 bits per heavy atom. The number of amides is 1. The predicted octanol–water partition coefficient (Wildman–Crippen LogP) is 0.815. The van der Waals surface area contributed by atoms with Crippen LogP contribution in [-0.2, 0) is 9.53 Å². The van der Waals surface area contributed by atoms with Crippen LogP contribution in [0.5, 0.6) is 0 Å². The molecule has 1 spiro atoms. The van der Waals surface area contributed by atoms with E-state index in [-0.39, 0.29) is 18.6 Å². The lowest BCUT2D eigenvalue weighted by Gasteiger charge is -2.45. The molecule has 0 aromatic heterocycles. The second kappa shape index (κ2) is 5.02. The predicted molar refractivity (Wildman–Crippen MR) is 72.9 cm³/mol. The summed E-state index contributed by atoms with van der Waals surface area (Å²) in [6, 6.07) is 0. The minimum Gasteiger partial charge on any atom is -0.367 e. The molecule has 0 saturated carbocycles. The van der Waals surface area contributed by atoms with E-state index in [0.717, 1.165) is 38.1 Å². The molecule has 0 unspecified atom stereocenters. The monoisotopic (exact) mass is 270 g/mol.